The van der Waals surface area contributed by atoms with Crippen molar-refractivity contribution >= 4 is 0 Å². The van der Waals surface area contributed by atoms with Crippen molar-refractivity contribution in [3.05, 3.63) is 35.4 Å². The predicted molar refractivity (Wildman–Crippen MR) is 64.9 cm³/mol. The average Bonchev–Trinajstić information content (AvgIpc) is 2.29. The summed E-state index contributed by atoms with van der Waals surface area (Å²) in [5.74, 6) is 0. The molecule has 0 aromatic heterocycles. The van der Waals surface area contributed by atoms with Crippen LogP contribution in [-0.4, -0.2) is 5.11 Å². The van der Waals surface area contributed by atoms with Gasteiger partial charge < -0.3 is 5.11 Å². The Kier molecular flexibility index (Phi) is 5.41. The number of benzene rings is 1. The minimum Gasteiger partial charge on any atom is -0.388 e. The van der Waals surface area contributed by atoms with E-state index in [1.807, 2.05) is 12.1 Å². The molecule has 1 aromatic carbocycles. The maximum Gasteiger partial charge on any atom is 0.0790 e. The van der Waals surface area contributed by atoms with Crippen LogP contribution in [-0.2, 0) is 6.42 Å². The molecular weight excluding hydrogens is 184 g/mol. The Balaban J connectivity index is 2.52. The largest absolute Gasteiger partial charge is 0.388 e. The van der Waals surface area contributed by atoms with Crippen LogP contribution in [0.2, 0.25) is 0 Å². The molecule has 1 atom stereocenters. The lowest BCUT2D eigenvalue weighted by molar-refractivity contribution is 0.163. The lowest BCUT2D eigenvalue weighted by atomic mass is 10.0. The lowest BCUT2D eigenvalue weighted by Crippen LogP contribution is -1.98. The number of hydrogen-bond donors (Lipinski definition) is 1. The van der Waals surface area contributed by atoms with Crippen molar-refractivity contribution in [1.82, 2.24) is 0 Å². The van der Waals surface area contributed by atoms with Gasteiger partial charge in [-0.2, -0.15) is 0 Å². The van der Waals surface area contributed by atoms with Crippen molar-refractivity contribution in [3.8, 4) is 0 Å². The third-order valence-electron chi connectivity index (χ3n) is 2.83. The molecule has 0 heterocycles. The fourth-order valence-electron chi connectivity index (χ4n) is 1.77. The van der Waals surface area contributed by atoms with Crippen molar-refractivity contribution in [1.29, 1.82) is 0 Å². The monoisotopic (exact) mass is 206 g/mol. The van der Waals surface area contributed by atoms with Crippen molar-refractivity contribution < 1.29 is 5.11 Å². The third kappa shape index (κ3) is 4.05. The van der Waals surface area contributed by atoms with Gasteiger partial charge in [-0.1, -0.05) is 57.4 Å². The first kappa shape index (κ1) is 12.3. The number of aliphatic hydroxyl groups is 1. The summed E-state index contributed by atoms with van der Waals surface area (Å²) in [4.78, 5) is 0. The van der Waals surface area contributed by atoms with E-state index in [1.54, 1.807) is 0 Å². The summed E-state index contributed by atoms with van der Waals surface area (Å²) in [6.07, 6.45) is 5.19. The van der Waals surface area contributed by atoms with Crippen molar-refractivity contribution in [2.24, 2.45) is 0 Å². The van der Waals surface area contributed by atoms with Crippen LogP contribution in [0.3, 0.4) is 0 Å². The van der Waals surface area contributed by atoms with Gasteiger partial charge in [-0.3, -0.25) is 0 Å². The van der Waals surface area contributed by atoms with Crippen LogP contribution in [0.1, 0.15) is 56.8 Å². The Bertz CT molecular complexity index is 280. The fourth-order valence-corrected chi connectivity index (χ4v) is 1.77. The van der Waals surface area contributed by atoms with E-state index in [4.69, 9.17) is 0 Å². The first-order chi connectivity index (χ1) is 7.27. The van der Waals surface area contributed by atoms with Crippen LogP contribution < -0.4 is 0 Å². The minimum atomic E-state index is -0.275. The van der Waals surface area contributed by atoms with E-state index in [2.05, 4.69) is 26.0 Å². The van der Waals surface area contributed by atoms with Gasteiger partial charge in [-0.15, -0.1) is 0 Å². The quantitative estimate of drug-likeness (QED) is 0.701. The molecule has 0 amide bonds. The molecule has 0 saturated carbocycles. The third-order valence-corrected chi connectivity index (χ3v) is 2.83. The van der Waals surface area contributed by atoms with Gasteiger partial charge in [-0.05, 0) is 24.0 Å². The van der Waals surface area contributed by atoms with E-state index in [0.717, 1.165) is 24.8 Å². The maximum absolute atomic E-state index is 9.97. The highest BCUT2D eigenvalue weighted by Crippen LogP contribution is 2.20. The van der Waals surface area contributed by atoms with E-state index in [9.17, 15) is 5.11 Å². The molecule has 0 saturated heterocycles. The summed E-state index contributed by atoms with van der Waals surface area (Å²) >= 11 is 0. The summed E-state index contributed by atoms with van der Waals surface area (Å²) in [5.41, 5.74) is 2.38. The maximum atomic E-state index is 9.97. The SMILES string of the molecule is CCCCCC(O)c1cccc(CC)c1. The second-order valence-corrected chi connectivity index (χ2v) is 4.11. The zero-order chi connectivity index (χ0) is 11.1. The molecule has 0 spiro atoms. The fraction of sp³-hybridized carbons (Fsp3) is 0.571. The Morgan fingerprint density at radius 1 is 1.20 bits per heavy atom. The molecule has 1 unspecified atom stereocenters. The molecule has 0 bridgehead atoms. The standard InChI is InChI=1S/C14H22O/c1-3-5-6-10-14(15)13-9-7-8-12(4-2)11-13/h7-9,11,14-15H,3-6,10H2,1-2H3. The lowest BCUT2D eigenvalue weighted by Gasteiger charge is -2.11. The number of hydrogen-bond acceptors (Lipinski definition) is 1. The Morgan fingerprint density at radius 2 is 2.00 bits per heavy atom. The van der Waals surface area contributed by atoms with E-state index in [1.165, 1.54) is 18.4 Å². The predicted octanol–water partition coefficient (Wildman–Crippen LogP) is 3.86. The molecule has 1 aromatic rings. The second kappa shape index (κ2) is 6.62. The molecule has 1 nitrogen and oxygen atoms in total. The first-order valence-electron chi connectivity index (χ1n) is 6.04. The minimum absolute atomic E-state index is 0.275. The van der Waals surface area contributed by atoms with Crippen LogP contribution in [0.25, 0.3) is 0 Å². The Hall–Kier alpha value is -0.820. The van der Waals surface area contributed by atoms with Crippen LogP contribution in [0.4, 0.5) is 0 Å². The Labute approximate surface area is 93.1 Å². The molecule has 0 aliphatic carbocycles. The molecular formula is C14H22O. The van der Waals surface area contributed by atoms with E-state index >= 15 is 0 Å². The molecule has 0 fully saturated rings. The molecule has 0 radical (unpaired) electrons. The van der Waals surface area contributed by atoms with Crippen LogP contribution in [0.15, 0.2) is 24.3 Å². The molecule has 0 aliphatic heterocycles. The summed E-state index contributed by atoms with van der Waals surface area (Å²) in [5, 5.41) is 9.97. The molecule has 0 aliphatic rings. The van der Waals surface area contributed by atoms with Crippen LogP contribution >= 0.6 is 0 Å². The van der Waals surface area contributed by atoms with Crippen molar-refractivity contribution in [2.75, 3.05) is 0 Å². The molecule has 84 valence electrons. The van der Waals surface area contributed by atoms with E-state index < -0.39 is 0 Å². The first-order valence-corrected chi connectivity index (χ1v) is 6.04. The average molecular weight is 206 g/mol. The number of aliphatic hydroxyl groups excluding tert-OH is 1. The summed E-state index contributed by atoms with van der Waals surface area (Å²) < 4.78 is 0. The highest BCUT2D eigenvalue weighted by Gasteiger charge is 2.06. The van der Waals surface area contributed by atoms with E-state index in [-0.39, 0.29) is 6.10 Å². The molecule has 1 rings (SSSR count). The van der Waals surface area contributed by atoms with Crippen molar-refractivity contribution in [2.45, 2.75) is 52.1 Å². The number of unbranched alkanes of at least 4 members (excludes halogenated alkanes) is 2. The zero-order valence-corrected chi connectivity index (χ0v) is 9.87. The number of rotatable bonds is 6. The van der Waals surface area contributed by atoms with Gasteiger partial charge in [0.05, 0.1) is 6.10 Å². The van der Waals surface area contributed by atoms with Gasteiger partial charge in [0.25, 0.3) is 0 Å². The van der Waals surface area contributed by atoms with Gasteiger partial charge in [-0.25, -0.2) is 0 Å². The van der Waals surface area contributed by atoms with E-state index in [0.29, 0.717) is 0 Å². The molecule has 1 N–H and O–H groups in total. The highest BCUT2D eigenvalue weighted by molar-refractivity contribution is 5.25. The zero-order valence-electron chi connectivity index (χ0n) is 9.87. The summed E-state index contributed by atoms with van der Waals surface area (Å²) in [6.45, 7) is 4.33. The number of aryl methyl sites for hydroxylation is 1. The highest BCUT2D eigenvalue weighted by atomic mass is 16.3. The Morgan fingerprint density at radius 3 is 2.67 bits per heavy atom. The van der Waals surface area contributed by atoms with Crippen molar-refractivity contribution in [3.63, 3.8) is 0 Å². The summed E-state index contributed by atoms with van der Waals surface area (Å²) in [6, 6.07) is 8.30. The topological polar surface area (TPSA) is 20.2 Å². The second-order valence-electron chi connectivity index (χ2n) is 4.11. The van der Waals surface area contributed by atoms with Gasteiger partial charge in [0.2, 0.25) is 0 Å². The van der Waals surface area contributed by atoms with Gasteiger partial charge >= 0.3 is 0 Å². The summed E-state index contributed by atoms with van der Waals surface area (Å²) in [7, 11) is 0. The van der Waals surface area contributed by atoms with Crippen LogP contribution in [0, 0.1) is 0 Å². The normalized spacial score (nSPS) is 12.7. The van der Waals surface area contributed by atoms with Crippen LogP contribution in [0.5, 0.6) is 0 Å². The van der Waals surface area contributed by atoms with Gasteiger partial charge in [0.15, 0.2) is 0 Å². The van der Waals surface area contributed by atoms with Gasteiger partial charge in [0, 0.05) is 0 Å². The molecule has 1 heteroatoms. The van der Waals surface area contributed by atoms with Gasteiger partial charge in [0.1, 0.15) is 0 Å². The molecule has 15 heavy (non-hydrogen) atoms. The smallest absolute Gasteiger partial charge is 0.0790 e.